The van der Waals surface area contributed by atoms with E-state index in [-0.39, 0.29) is 5.97 Å². The smallest absolute Gasteiger partial charge is 0.315 e. The lowest BCUT2D eigenvalue weighted by Crippen LogP contribution is -2.04. The van der Waals surface area contributed by atoms with Crippen LogP contribution < -0.4 is 0 Å². The molecule has 1 heterocycles. The van der Waals surface area contributed by atoms with E-state index in [0.717, 1.165) is 0 Å². The minimum absolute atomic E-state index is 0.225. The third-order valence-electron chi connectivity index (χ3n) is 0.833. The van der Waals surface area contributed by atoms with Gasteiger partial charge in [-0.3, -0.25) is 4.79 Å². The van der Waals surface area contributed by atoms with Gasteiger partial charge >= 0.3 is 5.97 Å². The first-order chi connectivity index (χ1) is 3.79. The lowest BCUT2D eigenvalue weighted by Gasteiger charge is -2.04. The molecule has 8 heavy (non-hydrogen) atoms. The Morgan fingerprint density at radius 2 is 2.50 bits per heavy atom. The van der Waals surface area contributed by atoms with Gasteiger partial charge in [0, 0.05) is 0 Å². The van der Waals surface area contributed by atoms with Crippen LogP contribution in [0.25, 0.3) is 0 Å². The van der Waals surface area contributed by atoms with Gasteiger partial charge in [0.15, 0.2) is 0 Å². The summed E-state index contributed by atoms with van der Waals surface area (Å²) in [5.74, 6) is 0.207. The molecule has 2 nitrogen and oxygen atoms in total. The lowest BCUT2D eigenvalue weighted by atomic mass is 10.3. The highest BCUT2D eigenvalue weighted by atomic mass is 16.5. The van der Waals surface area contributed by atoms with Gasteiger partial charge in [0.1, 0.15) is 5.76 Å². The molecule has 0 unspecified atom stereocenters. The maximum absolute atomic E-state index is 10.3. The fourth-order valence-electron chi connectivity index (χ4n) is 0.509. The second-order valence-corrected chi connectivity index (χ2v) is 1.55. The van der Waals surface area contributed by atoms with Gasteiger partial charge in [0.25, 0.3) is 0 Å². The van der Waals surface area contributed by atoms with Crippen molar-refractivity contribution in [2.24, 2.45) is 0 Å². The standard InChI is InChI=1S/C6H6O2/c1-5-3-2-4-6(7)8-5/h2-3H,1,4H2. The molecule has 0 saturated carbocycles. The highest BCUT2D eigenvalue weighted by Crippen LogP contribution is 2.05. The third-order valence-corrected chi connectivity index (χ3v) is 0.833. The van der Waals surface area contributed by atoms with Crippen LogP contribution in [0.5, 0.6) is 0 Å². The van der Waals surface area contributed by atoms with Crippen molar-refractivity contribution in [1.82, 2.24) is 0 Å². The topological polar surface area (TPSA) is 26.3 Å². The summed E-state index contributed by atoms with van der Waals surface area (Å²) in [6.45, 7) is 3.43. The first kappa shape index (κ1) is 5.09. The average molecular weight is 110 g/mol. The van der Waals surface area contributed by atoms with Crippen LogP contribution in [0.2, 0.25) is 0 Å². The molecule has 1 aliphatic heterocycles. The van der Waals surface area contributed by atoms with Crippen molar-refractivity contribution in [2.75, 3.05) is 0 Å². The Balaban J connectivity index is 2.68. The summed E-state index contributed by atoms with van der Waals surface area (Å²) in [5.41, 5.74) is 0. The summed E-state index contributed by atoms with van der Waals surface area (Å²) in [6.07, 6.45) is 3.79. The number of rotatable bonds is 0. The molecule has 0 atom stereocenters. The molecule has 1 rings (SSSR count). The van der Waals surface area contributed by atoms with Gasteiger partial charge in [-0.2, -0.15) is 0 Å². The van der Waals surface area contributed by atoms with Crippen LogP contribution in [0, 0.1) is 0 Å². The van der Waals surface area contributed by atoms with Crippen molar-refractivity contribution < 1.29 is 9.53 Å². The number of cyclic esters (lactones) is 1. The molecule has 0 saturated heterocycles. The molecular formula is C6H6O2. The number of hydrogen-bond acceptors (Lipinski definition) is 2. The van der Waals surface area contributed by atoms with Crippen LogP contribution in [0.3, 0.4) is 0 Å². The molecule has 2 heteroatoms. The fourth-order valence-corrected chi connectivity index (χ4v) is 0.509. The molecular weight excluding hydrogens is 104 g/mol. The minimum atomic E-state index is -0.225. The number of ether oxygens (including phenoxy) is 1. The molecule has 0 amide bonds. The number of allylic oxidation sites excluding steroid dienone is 1. The first-order valence-electron chi connectivity index (χ1n) is 2.35. The lowest BCUT2D eigenvalue weighted by molar-refractivity contribution is -0.138. The Labute approximate surface area is 47.5 Å². The van der Waals surface area contributed by atoms with E-state index in [0.29, 0.717) is 12.2 Å². The van der Waals surface area contributed by atoms with E-state index in [1.165, 1.54) is 0 Å². The fraction of sp³-hybridized carbons (Fsp3) is 0.167. The quantitative estimate of drug-likeness (QED) is 0.435. The number of hydrogen-bond donors (Lipinski definition) is 0. The Hall–Kier alpha value is -1.05. The van der Waals surface area contributed by atoms with E-state index in [2.05, 4.69) is 11.3 Å². The third kappa shape index (κ3) is 0.964. The van der Waals surface area contributed by atoms with E-state index in [1.54, 1.807) is 12.2 Å². The van der Waals surface area contributed by atoms with Crippen molar-refractivity contribution in [2.45, 2.75) is 6.42 Å². The molecule has 0 bridgehead atoms. The van der Waals surface area contributed by atoms with Crippen LogP contribution in [0.1, 0.15) is 6.42 Å². The van der Waals surface area contributed by atoms with E-state index in [9.17, 15) is 4.79 Å². The highest BCUT2D eigenvalue weighted by Gasteiger charge is 2.04. The number of carbonyl (C=O) groups is 1. The van der Waals surface area contributed by atoms with Crippen molar-refractivity contribution in [3.05, 3.63) is 24.5 Å². The van der Waals surface area contributed by atoms with Gasteiger partial charge in [0.05, 0.1) is 6.42 Å². The second-order valence-electron chi connectivity index (χ2n) is 1.55. The highest BCUT2D eigenvalue weighted by molar-refractivity contribution is 5.74. The van der Waals surface area contributed by atoms with Gasteiger partial charge in [-0.15, -0.1) is 0 Å². The molecule has 0 aromatic heterocycles. The van der Waals surface area contributed by atoms with Crippen molar-refractivity contribution in [1.29, 1.82) is 0 Å². The Kier molecular flexibility index (Phi) is 1.16. The summed E-state index contributed by atoms with van der Waals surface area (Å²) >= 11 is 0. The number of esters is 1. The van der Waals surface area contributed by atoms with Crippen LogP contribution in [-0.2, 0) is 9.53 Å². The SMILES string of the molecule is C=C1C=CCC(=O)O1. The van der Waals surface area contributed by atoms with Gasteiger partial charge in [-0.25, -0.2) is 0 Å². The maximum atomic E-state index is 10.3. The summed E-state index contributed by atoms with van der Waals surface area (Å²) < 4.78 is 4.57. The molecule has 0 aliphatic carbocycles. The molecule has 1 aliphatic rings. The van der Waals surface area contributed by atoms with Gasteiger partial charge in [-0.1, -0.05) is 12.7 Å². The van der Waals surface area contributed by atoms with E-state index in [1.807, 2.05) is 0 Å². The summed E-state index contributed by atoms with van der Waals surface area (Å²) in [4.78, 5) is 10.3. The van der Waals surface area contributed by atoms with E-state index in [4.69, 9.17) is 0 Å². The molecule has 0 radical (unpaired) electrons. The molecule has 0 aromatic rings. The van der Waals surface area contributed by atoms with Crippen LogP contribution in [-0.4, -0.2) is 5.97 Å². The van der Waals surface area contributed by atoms with E-state index < -0.39 is 0 Å². The predicted octanol–water partition coefficient (Wildman–Crippen LogP) is 1.00. The summed E-state index contributed by atoms with van der Waals surface area (Å²) in [7, 11) is 0. The largest absolute Gasteiger partial charge is 0.427 e. The van der Waals surface area contributed by atoms with Crippen LogP contribution in [0.15, 0.2) is 24.5 Å². The average Bonchev–Trinajstić information content (AvgIpc) is 1.64. The first-order valence-corrected chi connectivity index (χ1v) is 2.35. The molecule has 42 valence electrons. The predicted molar refractivity (Wildman–Crippen MR) is 29.0 cm³/mol. The van der Waals surface area contributed by atoms with Gasteiger partial charge < -0.3 is 4.74 Å². The van der Waals surface area contributed by atoms with Gasteiger partial charge in [0.2, 0.25) is 0 Å². The summed E-state index contributed by atoms with van der Waals surface area (Å²) in [6, 6.07) is 0. The van der Waals surface area contributed by atoms with Crippen molar-refractivity contribution in [3.63, 3.8) is 0 Å². The number of carbonyl (C=O) groups excluding carboxylic acids is 1. The Bertz CT molecular complexity index is 156. The molecule has 0 aromatic carbocycles. The molecule has 0 fully saturated rings. The second kappa shape index (κ2) is 1.82. The van der Waals surface area contributed by atoms with Gasteiger partial charge in [-0.05, 0) is 6.08 Å². The molecule has 0 spiro atoms. The van der Waals surface area contributed by atoms with Crippen molar-refractivity contribution in [3.8, 4) is 0 Å². The Morgan fingerprint density at radius 3 is 2.88 bits per heavy atom. The van der Waals surface area contributed by atoms with E-state index >= 15 is 0 Å². The maximum Gasteiger partial charge on any atom is 0.315 e. The minimum Gasteiger partial charge on any atom is -0.427 e. The normalized spacial score (nSPS) is 18.5. The zero-order valence-corrected chi connectivity index (χ0v) is 4.39. The van der Waals surface area contributed by atoms with Crippen molar-refractivity contribution >= 4 is 5.97 Å². The van der Waals surface area contributed by atoms with Crippen LogP contribution >= 0.6 is 0 Å². The molecule has 0 N–H and O–H groups in total. The summed E-state index contributed by atoms with van der Waals surface area (Å²) in [5, 5.41) is 0. The Morgan fingerprint density at radius 1 is 1.75 bits per heavy atom. The van der Waals surface area contributed by atoms with Crippen LogP contribution in [0.4, 0.5) is 0 Å². The zero-order chi connectivity index (χ0) is 5.98. The monoisotopic (exact) mass is 110 g/mol. The zero-order valence-electron chi connectivity index (χ0n) is 4.39.